The van der Waals surface area contributed by atoms with Crippen LogP contribution in [0.25, 0.3) is 11.1 Å². The van der Waals surface area contributed by atoms with Crippen LogP contribution in [-0.2, 0) is 10.1 Å². The molecule has 0 aromatic heterocycles. The van der Waals surface area contributed by atoms with Crippen molar-refractivity contribution in [2.45, 2.75) is 80.4 Å². The van der Waals surface area contributed by atoms with E-state index in [1.165, 1.54) is 82.7 Å². The quantitative estimate of drug-likeness (QED) is 0.348. The monoisotopic (exact) mass is 514 g/mol. The van der Waals surface area contributed by atoms with E-state index in [2.05, 4.69) is 18.2 Å². The first-order valence-electron chi connectivity index (χ1n) is 12.1. The second-order valence-corrected chi connectivity index (χ2v) is 13.3. The zero-order valence-electron chi connectivity index (χ0n) is 21.6. The number of ether oxygens (including phenoxy) is 2. The summed E-state index contributed by atoms with van der Waals surface area (Å²) in [5.41, 5.74) is 2.98. The molecule has 2 fully saturated rings. The Balaban J connectivity index is 0.00000216. The predicted molar refractivity (Wildman–Crippen MR) is 136 cm³/mol. The van der Waals surface area contributed by atoms with E-state index in [0.29, 0.717) is 22.6 Å². The Morgan fingerprint density at radius 1 is 0.853 bits per heavy atom. The van der Waals surface area contributed by atoms with Crippen molar-refractivity contribution in [3.8, 4) is 22.6 Å². The normalized spacial score (nSPS) is 17.9. The van der Waals surface area contributed by atoms with Gasteiger partial charge < -0.3 is 10.9 Å². The molecule has 0 unspecified atom stereocenters. The molecule has 0 radical (unpaired) electrons. The molecule has 2 aliphatic rings. The zero-order chi connectivity index (χ0) is 23.4. The molecule has 2 aromatic rings. The second-order valence-electron chi connectivity index (χ2n) is 9.16. The van der Waals surface area contributed by atoms with Crippen molar-refractivity contribution in [1.29, 1.82) is 0 Å². The zero-order valence-corrected chi connectivity index (χ0v) is 24.3. The Morgan fingerprint density at radius 3 is 1.91 bits per heavy atom. The molecular weight excluding hydrogens is 478 g/mol. The van der Waals surface area contributed by atoms with Crippen molar-refractivity contribution in [2.75, 3.05) is 14.2 Å². The van der Waals surface area contributed by atoms with Crippen LogP contribution in [0.15, 0.2) is 41.3 Å². The third kappa shape index (κ3) is 6.02. The van der Waals surface area contributed by atoms with E-state index >= 15 is 0 Å². The van der Waals surface area contributed by atoms with E-state index < -0.39 is 18.0 Å². The topological polar surface area (TPSA) is 72.8 Å². The Labute approximate surface area is 229 Å². The molecule has 0 spiro atoms. The molecule has 0 atom stereocenters. The molecule has 0 aliphatic heterocycles. The number of benzene rings is 2. The van der Waals surface area contributed by atoms with Crippen LogP contribution in [0.1, 0.15) is 65.6 Å². The van der Waals surface area contributed by atoms with Crippen LogP contribution in [0.2, 0.25) is 0 Å². The fourth-order valence-electron chi connectivity index (χ4n) is 5.70. The maximum atomic E-state index is 12.1. The maximum absolute atomic E-state index is 12.1. The average molecular weight is 515 g/mol. The first-order valence-corrected chi connectivity index (χ1v) is 15.0. The van der Waals surface area contributed by atoms with E-state index in [0.717, 1.165) is 5.56 Å². The average Bonchev–Trinajstić information content (AvgIpc) is 2.84. The first-order chi connectivity index (χ1) is 16.0. The van der Waals surface area contributed by atoms with Crippen LogP contribution < -0.4 is 44.3 Å². The second kappa shape index (κ2) is 12.6. The molecule has 0 heterocycles. The van der Waals surface area contributed by atoms with Crippen LogP contribution in [0.3, 0.4) is 0 Å². The Bertz CT molecular complexity index is 1050. The minimum atomic E-state index is -4.45. The third-order valence-corrected chi connectivity index (χ3v) is 11.6. The first kappa shape index (κ1) is 28.0. The van der Waals surface area contributed by atoms with Gasteiger partial charge in [0.1, 0.15) is 10.6 Å². The van der Waals surface area contributed by atoms with Gasteiger partial charge in [0.2, 0.25) is 0 Å². The molecule has 34 heavy (non-hydrogen) atoms. The van der Waals surface area contributed by atoms with Gasteiger partial charge in [-0.1, -0.05) is 70.7 Å². The molecule has 2 aromatic carbocycles. The molecule has 182 valence electrons. The molecule has 2 aliphatic carbocycles. The van der Waals surface area contributed by atoms with Gasteiger partial charge in [-0.3, -0.25) is 4.55 Å². The van der Waals surface area contributed by atoms with Gasteiger partial charge in [0.15, 0.2) is 5.75 Å². The van der Waals surface area contributed by atoms with E-state index in [9.17, 15) is 13.0 Å². The van der Waals surface area contributed by atoms with Gasteiger partial charge in [0, 0.05) is 0 Å². The van der Waals surface area contributed by atoms with Crippen LogP contribution in [-0.4, -0.2) is 38.5 Å². The Hall–Kier alpha value is -0.620. The minimum absolute atomic E-state index is 0. The molecule has 4 rings (SSSR count). The summed E-state index contributed by atoms with van der Waals surface area (Å²) in [6.07, 6.45) is 12.9. The third-order valence-electron chi connectivity index (χ3n) is 7.17. The molecule has 2 saturated carbocycles. The molecule has 0 bridgehead atoms. The molecule has 1 N–H and O–H groups in total. The fraction of sp³-hybridized carbons (Fsp3) is 0.538. The van der Waals surface area contributed by atoms with Crippen LogP contribution in [0.5, 0.6) is 11.5 Å². The van der Waals surface area contributed by atoms with E-state index in [1.54, 1.807) is 13.2 Å². The maximum Gasteiger partial charge on any atom is 1.00 e. The van der Waals surface area contributed by atoms with Crippen LogP contribution >= 0.6 is 7.92 Å². The summed E-state index contributed by atoms with van der Waals surface area (Å²) in [6, 6.07) is 11.4. The summed E-state index contributed by atoms with van der Waals surface area (Å²) in [6.45, 7) is 0. The van der Waals surface area contributed by atoms with Gasteiger partial charge >= 0.3 is 29.6 Å². The number of hydrogen-bond acceptors (Lipinski definition) is 4. The summed E-state index contributed by atoms with van der Waals surface area (Å²) in [4.78, 5) is -0.227. The molecule has 5 nitrogen and oxygen atoms in total. The Kier molecular flexibility index (Phi) is 10.3. The van der Waals surface area contributed by atoms with Crippen molar-refractivity contribution in [3.63, 3.8) is 0 Å². The van der Waals surface area contributed by atoms with Crippen molar-refractivity contribution in [2.24, 2.45) is 0 Å². The van der Waals surface area contributed by atoms with E-state index in [1.807, 2.05) is 6.07 Å². The largest absolute Gasteiger partial charge is 1.00 e. The smallest absolute Gasteiger partial charge is 1.00 e. The van der Waals surface area contributed by atoms with Crippen molar-refractivity contribution < 1.29 is 53.4 Å². The van der Waals surface area contributed by atoms with Gasteiger partial charge in [0.05, 0.1) is 19.8 Å². The molecule has 0 amide bonds. The van der Waals surface area contributed by atoms with Crippen molar-refractivity contribution in [3.05, 3.63) is 36.4 Å². The number of methoxy groups -OCH3 is 2. The number of hydrogen-bond donors (Lipinski definition) is 1. The summed E-state index contributed by atoms with van der Waals surface area (Å²) in [5, 5.41) is 1.32. The van der Waals surface area contributed by atoms with Crippen molar-refractivity contribution in [1.82, 2.24) is 0 Å². The van der Waals surface area contributed by atoms with E-state index in [4.69, 9.17) is 9.47 Å². The fourth-order valence-corrected chi connectivity index (χ4v) is 10.3. The van der Waals surface area contributed by atoms with Crippen LogP contribution in [0, 0.1) is 0 Å². The van der Waals surface area contributed by atoms with Gasteiger partial charge in [-0.25, -0.2) is 0 Å². The molecule has 8 heteroatoms. The summed E-state index contributed by atoms with van der Waals surface area (Å²) in [7, 11) is -1.85. The standard InChI is InChI=1S/C26H35O5PS.Na.H/c1-30-22-17-18-24(33(27,28)29)26(31-2)25(22)21-15-9-10-16-23(21)32(19-11-5-3-6-12-19)20-13-7-4-8-14-20;;/h9-10,15-20H,3-8,11-14H2,1-2H3,(H,27,28,29);;/q;+1;-1. The van der Waals surface area contributed by atoms with Crippen molar-refractivity contribution >= 4 is 23.3 Å². The Morgan fingerprint density at radius 2 is 1.41 bits per heavy atom. The molecular formula is C26H36NaO5PS. The summed E-state index contributed by atoms with van der Waals surface area (Å²) >= 11 is 0. The van der Waals surface area contributed by atoms with Gasteiger partial charge in [-0.2, -0.15) is 8.42 Å². The molecule has 0 saturated heterocycles. The van der Waals surface area contributed by atoms with Gasteiger partial charge in [0.25, 0.3) is 10.1 Å². The number of rotatable bonds is 7. The van der Waals surface area contributed by atoms with Crippen LogP contribution in [0.4, 0.5) is 0 Å². The van der Waals surface area contributed by atoms with Gasteiger partial charge in [-0.05, 0) is 60.0 Å². The predicted octanol–water partition coefficient (Wildman–Crippen LogP) is 3.51. The SMILES string of the molecule is COc1ccc(S(=O)(=O)O)c(OC)c1-c1ccccc1P(C1CCCCC1)C1CCCCC1.[H-].[Na+]. The van der Waals surface area contributed by atoms with E-state index in [-0.39, 0.29) is 41.6 Å². The minimum Gasteiger partial charge on any atom is -1.00 e. The van der Waals surface area contributed by atoms with Gasteiger partial charge in [-0.15, -0.1) is 0 Å². The summed E-state index contributed by atoms with van der Waals surface area (Å²) < 4.78 is 45.5. The summed E-state index contributed by atoms with van der Waals surface area (Å²) in [5.74, 6) is 0.695.